The fourth-order valence-corrected chi connectivity index (χ4v) is 3.61. The predicted octanol–water partition coefficient (Wildman–Crippen LogP) is 0.965. The van der Waals surface area contributed by atoms with Gasteiger partial charge in [-0.1, -0.05) is 30.3 Å². The average Bonchev–Trinajstić information content (AvgIpc) is 3.17. The number of aliphatic hydroxyl groups excluding tert-OH is 1. The smallest absolute Gasteiger partial charge is 0.314 e. The number of nitrogens with zero attached hydrogens (tertiary/aromatic N) is 4. The van der Waals surface area contributed by atoms with Crippen molar-refractivity contribution in [3.63, 3.8) is 0 Å². The summed E-state index contributed by atoms with van der Waals surface area (Å²) in [5, 5.41) is 24.4. The van der Waals surface area contributed by atoms with Crippen LogP contribution in [0, 0.1) is 5.41 Å². The third-order valence-electron chi connectivity index (χ3n) is 5.17. The third kappa shape index (κ3) is 4.33. The van der Waals surface area contributed by atoms with E-state index in [1.165, 1.54) is 6.33 Å². The normalized spacial score (nSPS) is 22.6. The number of carboxylic acid groups (broad SMARTS) is 1. The number of likely N-dealkylation sites (tertiary alicyclic amines) is 1. The average molecular weight is 372 g/mol. The molecule has 2 aromatic rings. The first-order valence-electron chi connectivity index (χ1n) is 9.07. The molecule has 0 unspecified atom stereocenters. The second-order valence-electron chi connectivity index (χ2n) is 7.01. The molecule has 1 fully saturated rings. The molecule has 1 aliphatic rings. The van der Waals surface area contributed by atoms with E-state index in [1.54, 1.807) is 15.9 Å². The molecule has 3 rings (SSSR count). The summed E-state index contributed by atoms with van der Waals surface area (Å²) in [7, 11) is 0. The number of amides is 1. The molecule has 0 radical (unpaired) electrons. The van der Waals surface area contributed by atoms with Crippen LogP contribution in [0.2, 0.25) is 0 Å². The maximum Gasteiger partial charge on any atom is 0.314 e. The predicted molar refractivity (Wildman–Crippen MR) is 96.7 cm³/mol. The number of benzene rings is 1. The summed E-state index contributed by atoms with van der Waals surface area (Å²) in [4.78, 5) is 30.1. The zero-order valence-electron chi connectivity index (χ0n) is 15.1. The van der Waals surface area contributed by atoms with Crippen LogP contribution in [0.5, 0.6) is 0 Å². The van der Waals surface area contributed by atoms with Crippen LogP contribution in [-0.2, 0) is 22.6 Å². The first-order valence-corrected chi connectivity index (χ1v) is 9.07. The molecular weight excluding hydrogens is 348 g/mol. The Morgan fingerprint density at radius 3 is 2.70 bits per heavy atom. The Hall–Kier alpha value is -2.74. The summed E-state index contributed by atoms with van der Waals surface area (Å²) < 4.78 is 1.66. The number of aliphatic carboxylic acids is 1. The maximum absolute atomic E-state index is 12.6. The summed E-state index contributed by atoms with van der Waals surface area (Å²) in [6.07, 6.45) is 3.39. The van der Waals surface area contributed by atoms with Gasteiger partial charge in [0.15, 0.2) is 0 Å². The Labute approximate surface area is 157 Å². The fourth-order valence-electron chi connectivity index (χ4n) is 3.61. The van der Waals surface area contributed by atoms with E-state index < -0.39 is 17.5 Å². The molecule has 0 bridgehead atoms. The zero-order chi connectivity index (χ0) is 19.3. The van der Waals surface area contributed by atoms with Crippen LogP contribution in [0.25, 0.3) is 0 Å². The van der Waals surface area contributed by atoms with Crippen LogP contribution in [0.15, 0.2) is 43.0 Å². The lowest BCUT2D eigenvalue weighted by Gasteiger charge is -2.43. The van der Waals surface area contributed by atoms with Gasteiger partial charge in [0, 0.05) is 26.1 Å². The maximum atomic E-state index is 12.6. The minimum Gasteiger partial charge on any atom is -0.481 e. The highest BCUT2D eigenvalue weighted by atomic mass is 16.4. The first kappa shape index (κ1) is 19.0. The Balaban J connectivity index is 1.67. The minimum absolute atomic E-state index is 0.0144. The van der Waals surface area contributed by atoms with Gasteiger partial charge in [0.05, 0.1) is 6.10 Å². The molecule has 1 aliphatic heterocycles. The third-order valence-corrected chi connectivity index (χ3v) is 5.17. The van der Waals surface area contributed by atoms with Crippen molar-refractivity contribution in [2.45, 2.75) is 38.3 Å². The van der Waals surface area contributed by atoms with Crippen LogP contribution in [0.1, 0.15) is 24.8 Å². The van der Waals surface area contributed by atoms with Gasteiger partial charge in [-0.15, -0.1) is 0 Å². The van der Waals surface area contributed by atoms with Crippen LogP contribution in [0.4, 0.5) is 0 Å². The summed E-state index contributed by atoms with van der Waals surface area (Å²) >= 11 is 0. The standard InChI is InChI=1S/C19H24N4O4/c24-16-8-10-22(17(25)7-4-9-23-14-20-13-21-23)12-19(16,18(26)27)11-15-5-2-1-3-6-15/h1-3,5-6,13-14,16,24H,4,7-12H2,(H,26,27)/t16-,19-/m1/s1. The van der Waals surface area contributed by atoms with Gasteiger partial charge in [-0.2, -0.15) is 5.10 Å². The molecule has 1 aromatic heterocycles. The van der Waals surface area contributed by atoms with Gasteiger partial charge in [0.2, 0.25) is 5.91 Å². The van der Waals surface area contributed by atoms with E-state index in [9.17, 15) is 19.8 Å². The minimum atomic E-state index is -1.39. The zero-order valence-corrected chi connectivity index (χ0v) is 15.1. The van der Waals surface area contributed by atoms with Crippen molar-refractivity contribution in [2.24, 2.45) is 5.41 Å². The Kier molecular flexibility index (Phi) is 5.85. The van der Waals surface area contributed by atoms with Gasteiger partial charge < -0.3 is 15.1 Å². The van der Waals surface area contributed by atoms with Crippen LogP contribution in [0.3, 0.4) is 0 Å². The highest BCUT2D eigenvalue weighted by molar-refractivity contribution is 5.80. The second-order valence-corrected chi connectivity index (χ2v) is 7.01. The van der Waals surface area contributed by atoms with Gasteiger partial charge in [-0.25, -0.2) is 4.98 Å². The molecule has 1 amide bonds. The van der Waals surface area contributed by atoms with E-state index in [1.807, 2.05) is 30.3 Å². The monoisotopic (exact) mass is 372 g/mol. The largest absolute Gasteiger partial charge is 0.481 e. The molecule has 0 saturated carbocycles. The van der Waals surface area contributed by atoms with Gasteiger partial charge in [-0.3, -0.25) is 14.3 Å². The number of rotatable bonds is 7. The van der Waals surface area contributed by atoms with E-state index in [4.69, 9.17) is 0 Å². The SMILES string of the molecule is O=C(CCCn1cncn1)N1CC[C@@H](O)[C@](Cc2ccccc2)(C(=O)O)C1. The van der Waals surface area contributed by atoms with Gasteiger partial charge in [0.25, 0.3) is 0 Å². The van der Waals surface area contributed by atoms with E-state index in [-0.39, 0.29) is 25.3 Å². The summed E-state index contributed by atoms with van der Waals surface area (Å²) in [6.45, 7) is 0.962. The molecule has 0 spiro atoms. The topological polar surface area (TPSA) is 109 Å². The molecule has 0 aliphatic carbocycles. The molecule has 2 heterocycles. The Morgan fingerprint density at radius 2 is 2.04 bits per heavy atom. The molecule has 144 valence electrons. The van der Waals surface area contributed by atoms with Crippen molar-refractivity contribution in [2.75, 3.05) is 13.1 Å². The van der Waals surface area contributed by atoms with E-state index in [0.29, 0.717) is 25.9 Å². The second kappa shape index (κ2) is 8.30. The summed E-state index contributed by atoms with van der Waals surface area (Å²) in [5.41, 5.74) is -0.555. The lowest BCUT2D eigenvalue weighted by atomic mass is 9.72. The number of aryl methyl sites for hydroxylation is 1. The van der Waals surface area contributed by atoms with E-state index in [2.05, 4.69) is 10.1 Å². The molecular formula is C19H24N4O4. The van der Waals surface area contributed by atoms with Crippen molar-refractivity contribution in [1.29, 1.82) is 0 Å². The van der Waals surface area contributed by atoms with Crippen LogP contribution < -0.4 is 0 Å². The van der Waals surface area contributed by atoms with Crippen molar-refractivity contribution < 1.29 is 19.8 Å². The molecule has 8 heteroatoms. The first-order chi connectivity index (χ1) is 13.0. The highest BCUT2D eigenvalue weighted by Gasteiger charge is 2.50. The number of aromatic nitrogens is 3. The van der Waals surface area contributed by atoms with Crippen molar-refractivity contribution >= 4 is 11.9 Å². The van der Waals surface area contributed by atoms with E-state index >= 15 is 0 Å². The molecule has 2 N–H and O–H groups in total. The molecule has 1 saturated heterocycles. The number of carboxylic acids is 1. The number of carbonyl (C=O) groups is 2. The summed E-state index contributed by atoms with van der Waals surface area (Å²) in [5.74, 6) is -1.17. The van der Waals surface area contributed by atoms with Crippen molar-refractivity contribution in [3.05, 3.63) is 48.5 Å². The fraction of sp³-hybridized carbons (Fsp3) is 0.474. The van der Waals surface area contributed by atoms with Gasteiger partial charge >= 0.3 is 5.97 Å². The number of aliphatic hydroxyl groups is 1. The molecule has 2 atom stereocenters. The van der Waals surface area contributed by atoms with Crippen molar-refractivity contribution in [1.82, 2.24) is 19.7 Å². The van der Waals surface area contributed by atoms with Gasteiger partial charge in [0.1, 0.15) is 18.1 Å². The Bertz CT molecular complexity index is 765. The Morgan fingerprint density at radius 1 is 1.26 bits per heavy atom. The molecule has 8 nitrogen and oxygen atoms in total. The number of hydrogen-bond donors (Lipinski definition) is 2. The van der Waals surface area contributed by atoms with Crippen LogP contribution in [-0.4, -0.2) is 60.9 Å². The highest BCUT2D eigenvalue weighted by Crippen LogP contribution is 2.35. The number of hydrogen-bond acceptors (Lipinski definition) is 5. The van der Waals surface area contributed by atoms with Gasteiger partial charge in [-0.05, 0) is 24.8 Å². The lowest BCUT2D eigenvalue weighted by Crippen LogP contribution is -2.58. The van der Waals surface area contributed by atoms with E-state index in [0.717, 1.165) is 5.56 Å². The molecule has 27 heavy (non-hydrogen) atoms. The molecule has 1 aromatic carbocycles. The van der Waals surface area contributed by atoms with Crippen LogP contribution >= 0.6 is 0 Å². The van der Waals surface area contributed by atoms with Crippen molar-refractivity contribution in [3.8, 4) is 0 Å². The quantitative estimate of drug-likeness (QED) is 0.750. The lowest BCUT2D eigenvalue weighted by molar-refractivity contribution is -0.165. The number of carbonyl (C=O) groups excluding carboxylic acids is 1. The summed E-state index contributed by atoms with van der Waals surface area (Å²) in [6, 6.07) is 9.23. The number of piperidine rings is 1.